The van der Waals surface area contributed by atoms with Gasteiger partial charge in [-0.1, -0.05) is 19.1 Å². The highest BCUT2D eigenvalue weighted by molar-refractivity contribution is 5.79. The quantitative estimate of drug-likeness (QED) is 0.784. The number of amides is 1. The molecule has 98 valence electrons. The minimum Gasteiger partial charge on any atom is -0.399 e. The van der Waals surface area contributed by atoms with E-state index in [1.807, 2.05) is 29.2 Å². The standard InChI is InChI=1S/C15H22N2O/c1-2-8-17(11-12-6-7-12)15(18)10-13-4-3-5-14(16)9-13/h3-5,9,12H,2,6-8,10-11,16H2,1H3. The van der Waals surface area contributed by atoms with Crippen LogP contribution in [-0.2, 0) is 11.2 Å². The summed E-state index contributed by atoms with van der Waals surface area (Å²) in [6.45, 7) is 3.93. The number of carbonyl (C=O) groups is 1. The van der Waals surface area contributed by atoms with E-state index in [1.165, 1.54) is 12.8 Å². The Hall–Kier alpha value is -1.51. The number of benzene rings is 1. The molecule has 18 heavy (non-hydrogen) atoms. The van der Waals surface area contributed by atoms with Crippen molar-refractivity contribution >= 4 is 11.6 Å². The lowest BCUT2D eigenvalue weighted by molar-refractivity contribution is -0.130. The summed E-state index contributed by atoms with van der Waals surface area (Å²) in [4.78, 5) is 14.3. The largest absolute Gasteiger partial charge is 0.399 e. The van der Waals surface area contributed by atoms with Crippen molar-refractivity contribution in [3.05, 3.63) is 29.8 Å². The zero-order valence-corrected chi connectivity index (χ0v) is 11.1. The van der Waals surface area contributed by atoms with Gasteiger partial charge in [0.25, 0.3) is 0 Å². The summed E-state index contributed by atoms with van der Waals surface area (Å²) in [5.41, 5.74) is 7.47. The summed E-state index contributed by atoms with van der Waals surface area (Å²) < 4.78 is 0. The van der Waals surface area contributed by atoms with E-state index >= 15 is 0 Å². The van der Waals surface area contributed by atoms with Crippen molar-refractivity contribution in [1.82, 2.24) is 4.90 Å². The second-order valence-electron chi connectivity index (χ2n) is 5.20. The lowest BCUT2D eigenvalue weighted by atomic mass is 10.1. The molecule has 2 rings (SSSR count). The highest BCUT2D eigenvalue weighted by Gasteiger charge is 2.26. The van der Waals surface area contributed by atoms with Crippen LogP contribution in [0, 0.1) is 5.92 Å². The van der Waals surface area contributed by atoms with Gasteiger partial charge in [-0.15, -0.1) is 0 Å². The first-order valence-corrected chi connectivity index (χ1v) is 6.81. The van der Waals surface area contributed by atoms with E-state index in [0.717, 1.165) is 36.7 Å². The maximum Gasteiger partial charge on any atom is 0.226 e. The molecular formula is C15H22N2O. The van der Waals surface area contributed by atoms with Gasteiger partial charge in [-0.05, 0) is 42.9 Å². The van der Waals surface area contributed by atoms with E-state index in [4.69, 9.17) is 5.73 Å². The molecule has 3 heteroatoms. The Morgan fingerprint density at radius 2 is 2.22 bits per heavy atom. The molecule has 0 radical (unpaired) electrons. The number of rotatable bonds is 6. The number of nitrogen functional groups attached to an aromatic ring is 1. The van der Waals surface area contributed by atoms with Gasteiger partial charge < -0.3 is 10.6 Å². The summed E-state index contributed by atoms with van der Waals surface area (Å²) in [7, 11) is 0. The van der Waals surface area contributed by atoms with E-state index < -0.39 is 0 Å². The van der Waals surface area contributed by atoms with Gasteiger partial charge >= 0.3 is 0 Å². The average molecular weight is 246 g/mol. The second kappa shape index (κ2) is 5.89. The SMILES string of the molecule is CCCN(CC1CC1)C(=O)Cc1cccc(N)c1. The molecule has 1 aliphatic rings. The van der Waals surface area contributed by atoms with Crippen LogP contribution in [0.15, 0.2) is 24.3 Å². The number of anilines is 1. The molecule has 0 unspecified atom stereocenters. The smallest absolute Gasteiger partial charge is 0.226 e. The lowest BCUT2D eigenvalue weighted by Crippen LogP contribution is -2.34. The van der Waals surface area contributed by atoms with E-state index in [0.29, 0.717) is 6.42 Å². The van der Waals surface area contributed by atoms with Crippen molar-refractivity contribution in [1.29, 1.82) is 0 Å². The van der Waals surface area contributed by atoms with E-state index in [-0.39, 0.29) is 5.91 Å². The molecule has 0 aromatic heterocycles. The summed E-state index contributed by atoms with van der Waals surface area (Å²) >= 11 is 0. The third-order valence-corrected chi connectivity index (χ3v) is 3.33. The molecule has 0 atom stereocenters. The Morgan fingerprint density at radius 1 is 1.44 bits per heavy atom. The Balaban J connectivity index is 1.94. The number of hydrogen-bond donors (Lipinski definition) is 1. The Kier molecular flexibility index (Phi) is 4.24. The van der Waals surface area contributed by atoms with Crippen LogP contribution in [0.25, 0.3) is 0 Å². The van der Waals surface area contributed by atoms with E-state index in [2.05, 4.69) is 6.92 Å². The fraction of sp³-hybridized carbons (Fsp3) is 0.533. The topological polar surface area (TPSA) is 46.3 Å². The van der Waals surface area contributed by atoms with Gasteiger partial charge in [0.2, 0.25) is 5.91 Å². The molecule has 1 aromatic carbocycles. The van der Waals surface area contributed by atoms with Crippen molar-refractivity contribution in [2.45, 2.75) is 32.6 Å². The Morgan fingerprint density at radius 3 is 2.83 bits per heavy atom. The highest BCUT2D eigenvalue weighted by Crippen LogP contribution is 2.30. The average Bonchev–Trinajstić information content (AvgIpc) is 3.12. The summed E-state index contributed by atoms with van der Waals surface area (Å²) in [6.07, 6.45) is 4.06. The Bertz CT molecular complexity index is 413. The number of nitrogens with zero attached hydrogens (tertiary/aromatic N) is 1. The predicted molar refractivity (Wildman–Crippen MR) is 74.2 cm³/mol. The molecule has 1 aromatic rings. The fourth-order valence-corrected chi connectivity index (χ4v) is 2.19. The van der Waals surface area contributed by atoms with Crippen molar-refractivity contribution in [3.63, 3.8) is 0 Å². The van der Waals surface area contributed by atoms with E-state index in [9.17, 15) is 4.79 Å². The monoisotopic (exact) mass is 246 g/mol. The van der Waals surface area contributed by atoms with Gasteiger partial charge in [0.15, 0.2) is 0 Å². The van der Waals surface area contributed by atoms with Crippen LogP contribution in [0.3, 0.4) is 0 Å². The van der Waals surface area contributed by atoms with Crippen molar-refractivity contribution < 1.29 is 4.79 Å². The molecule has 0 bridgehead atoms. The second-order valence-corrected chi connectivity index (χ2v) is 5.20. The molecule has 2 N–H and O–H groups in total. The first-order valence-electron chi connectivity index (χ1n) is 6.81. The normalized spacial score (nSPS) is 14.5. The predicted octanol–water partition coefficient (Wildman–Crippen LogP) is 2.46. The molecule has 1 amide bonds. The molecule has 1 aliphatic carbocycles. The summed E-state index contributed by atoms with van der Waals surface area (Å²) in [6, 6.07) is 7.61. The number of nitrogens with two attached hydrogens (primary N) is 1. The summed E-state index contributed by atoms with van der Waals surface area (Å²) in [5.74, 6) is 0.982. The Labute approximate surface area is 109 Å². The van der Waals surface area contributed by atoms with Gasteiger partial charge in [-0.2, -0.15) is 0 Å². The molecule has 0 spiro atoms. The van der Waals surface area contributed by atoms with Crippen molar-refractivity contribution in [2.75, 3.05) is 18.8 Å². The molecule has 3 nitrogen and oxygen atoms in total. The maximum absolute atomic E-state index is 12.3. The molecule has 0 heterocycles. The molecular weight excluding hydrogens is 224 g/mol. The van der Waals surface area contributed by atoms with E-state index in [1.54, 1.807) is 0 Å². The van der Waals surface area contributed by atoms with Crippen LogP contribution in [0.5, 0.6) is 0 Å². The van der Waals surface area contributed by atoms with Gasteiger partial charge in [-0.3, -0.25) is 4.79 Å². The van der Waals surface area contributed by atoms with Crippen molar-refractivity contribution in [3.8, 4) is 0 Å². The minimum atomic E-state index is 0.231. The number of hydrogen-bond acceptors (Lipinski definition) is 2. The fourth-order valence-electron chi connectivity index (χ4n) is 2.19. The zero-order valence-electron chi connectivity index (χ0n) is 11.1. The van der Waals surface area contributed by atoms with Crippen LogP contribution in [0.1, 0.15) is 31.7 Å². The molecule has 0 aliphatic heterocycles. The third-order valence-electron chi connectivity index (χ3n) is 3.33. The molecule has 1 fully saturated rings. The first-order chi connectivity index (χ1) is 8.69. The van der Waals surface area contributed by atoms with Crippen LogP contribution < -0.4 is 5.73 Å². The zero-order chi connectivity index (χ0) is 13.0. The third kappa shape index (κ3) is 3.76. The first kappa shape index (κ1) is 12.9. The summed E-state index contributed by atoms with van der Waals surface area (Å²) in [5, 5.41) is 0. The lowest BCUT2D eigenvalue weighted by Gasteiger charge is -2.22. The van der Waals surface area contributed by atoms with Gasteiger partial charge in [0, 0.05) is 18.8 Å². The van der Waals surface area contributed by atoms with Gasteiger partial charge in [-0.25, -0.2) is 0 Å². The molecule has 0 saturated heterocycles. The molecule has 1 saturated carbocycles. The number of carbonyl (C=O) groups excluding carboxylic acids is 1. The van der Waals surface area contributed by atoms with Gasteiger partial charge in [0.05, 0.1) is 6.42 Å². The highest BCUT2D eigenvalue weighted by atomic mass is 16.2. The van der Waals surface area contributed by atoms with Crippen LogP contribution >= 0.6 is 0 Å². The van der Waals surface area contributed by atoms with Gasteiger partial charge in [0.1, 0.15) is 0 Å². The minimum absolute atomic E-state index is 0.231. The van der Waals surface area contributed by atoms with Crippen LogP contribution in [0.2, 0.25) is 0 Å². The van der Waals surface area contributed by atoms with Crippen molar-refractivity contribution in [2.24, 2.45) is 5.92 Å². The van der Waals surface area contributed by atoms with Crippen LogP contribution in [0.4, 0.5) is 5.69 Å². The maximum atomic E-state index is 12.3. The van der Waals surface area contributed by atoms with Crippen LogP contribution in [-0.4, -0.2) is 23.9 Å².